The third kappa shape index (κ3) is 4.64. The fourth-order valence-corrected chi connectivity index (χ4v) is 2.63. The molecule has 8 nitrogen and oxygen atoms in total. The zero-order valence-electron chi connectivity index (χ0n) is 13.0. The maximum atomic E-state index is 11.9. The molecule has 1 heterocycles. The number of carbonyl (C=O) groups excluding carboxylic acids is 1. The third-order valence-electron chi connectivity index (χ3n) is 3.05. The molecule has 0 bridgehead atoms. The molecule has 9 heteroatoms. The minimum Gasteiger partial charge on any atom is -0.508 e. The summed E-state index contributed by atoms with van der Waals surface area (Å²) < 4.78 is 1.56. The summed E-state index contributed by atoms with van der Waals surface area (Å²) in [6.45, 7) is 0. The van der Waals surface area contributed by atoms with E-state index >= 15 is 0 Å². The Labute approximate surface area is 147 Å². The fraction of sp³-hybridized carbons (Fsp3) is 0.0625. The van der Waals surface area contributed by atoms with Crippen molar-refractivity contribution in [3.8, 4) is 11.4 Å². The number of benzene rings is 2. The zero-order chi connectivity index (χ0) is 17.5. The van der Waals surface area contributed by atoms with E-state index in [1.54, 1.807) is 28.9 Å². The predicted octanol–water partition coefficient (Wildman–Crippen LogP) is 1.61. The summed E-state index contributed by atoms with van der Waals surface area (Å²) in [7, 11) is 0. The van der Waals surface area contributed by atoms with Gasteiger partial charge in [0.15, 0.2) is 0 Å². The van der Waals surface area contributed by atoms with Crippen LogP contribution in [0.25, 0.3) is 5.69 Å². The van der Waals surface area contributed by atoms with Gasteiger partial charge in [-0.05, 0) is 40.3 Å². The summed E-state index contributed by atoms with van der Waals surface area (Å²) in [6.07, 6.45) is 1.45. The number of thioether (sulfide) groups is 1. The highest BCUT2D eigenvalue weighted by atomic mass is 32.2. The molecule has 0 unspecified atom stereocenters. The van der Waals surface area contributed by atoms with Gasteiger partial charge in [0.05, 0.1) is 17.7 Å². The lowest BCUT2D eigenvalue weighted by atomic mass is 10.2. The quantitative estimate of drug-likeness (QED) is 0.396. The second-order valence-electron chi connectivity index (χ2n) is 4.89. The van der Waals surface area contributed by atoms with Crippen molar-refractivity contribution >= 4 is 23.9 Å². The molecule has 3 rings (SSSR count). The molecule has 3 aromatic rings. The smallest absolute Gasteiger partial charge is 0.250 e. The first-order valence-electron chi connectivity index (χ1n) is 7.30. The summed E-state index contributed by atoms with van der Waals surface area (Å²) >= 11 is 1.21. The Hall–Kier alpha value is -3.20. The Balaban J connectivity index is 1.54. The number of hydrazone groups is 1. The zero-order valence-corrected chi connectivity index (χ0v) is 13.8. The van der Waals surface area contributed by atoms with Gasteiger partial charge in [-0.3, -0.25) is 4.79 Å². The Morgan fingerprint density at radius 1 is 1.24 bits per heavy atom. The molecule has 0 atom stereocenters. The van der Waals surface area contributed by atoms with E-state index in [9.17, 15) is 9.90 Å². The van der Waals surface area contributed by atoms with Crippen LogP contribution >= 0.6 is 11.8 Å². The minimum absolute atomic E-state index is 0.116. The normalized spacial score (nSPS) is 10.9. The molecule has 0 spiro atoms. The van der Waals surface area contributed by atoms with Crippen LogP contribution in [0, 0.1) is 0 Å². The number of phenolic OH excluding ortho intramolecular Hbond substituents is 1. The van der Waals surface area contributed by atoms with Gasteiger partial charge in [0.2, 0.25) is 5.16 Å². The molecule has 0 aliphatic rings. The molecule has 126 valence electrons. The second-order valence-corrected chi connectivity index (χ2v) is 5.83. The number of aromatic nitrogens is 4. The molecule has 2 N–H and O–H groups in total. The SMILES string of the molecule is O=C(CSc1nnnn1-c1ccccc1)NN=Cc1cccc(O)c1. The molecule has 25 heavy (non-hydrogen) atoms. The standard InChI is InChI=1S/C16H14N6O2S/c23-14-8-4-5-12(9-14)10-17-18-15(24)11-25-16-19-20-21-22(16)13-6-2-1-3-7-13/h1-10,23H,11H2,(H,18,24). The van der Waals surface area contributed by atoms with E-state index in [0.29, 0.717) is 10.7 Å². The predicted molar refractivity (Wildman–Crippen MR) is 93.7 cm³/mol. The number of amides is 1. The van der Waals surface area contributed by atoms with Crippen molar-refractivity contribution in [1.82, 2.24) is 25.6 Å². The fourth-order valence-electron chi connectivity index (χ4n) is 1.95. The van der Waals surface area contributed by atoms with Gasteiger partial charge < -0.3 is 5.11 Å². The first kappa shape index (κ1) is 16.7. The van der Waals surface area contributed by atoms with Gasteiger partial charge >= 0.3 is 0 Å². The lowest BCUT2D eigenvalue weighted by Gasteiger charge is -2.03. The van der Waals surface area contributed by atoms with Gasteiger partial charge in [-0.25, -0.2) is 5.43 Å². The number of carbonyl (C=O) groups is 1. The maximum absolute atomic E-state index is 11.9. The molecule has 0 aliphatic carbocycles. The van der Waals surface area contributed by atoms with Crippen molar-refractivity contribution in [2.24, 2.45) is 5.10 Å². The number of nitrogens with one attached hydrogen (secondary N) is 1. The van der Waals surface area contributed by atoms with Crippen molar-refractivity contribution in [3.63, 3.8) is 0 Å². The molecule has 0 saturated heterocycles. The number of nitrogens with zero attached hydrogens (tertiary/aromatic N) is 5. The molecule has 0 radical (unpaired) electrons. The van der Waals surface area contributed by atoms with Gasteiger partial charge in [0, 0.05) is 0 Å². The van der Waals surface area contributed by atoms with Crippen molar-refractivity contribution in [3.05, 3.63) is 60.2 Å². The monoisotopic (exact) mass is 354 g/mol. The molecule has 1 aromatic heterocycles. The van der Waals surface area contributed by atoms with Gasteiger partial charge in [-0.2, -0.15) is 9.78 Å². The summed E-state index contributed by atoms with van der Waals surface area (Å²) in [5, 5.41) is 25.2. The highest BCUT2D eigenvalue weighted by molar-refractivity contribution is 7.99. The average Bonchev–Trinajstić information content (AvgIpc) is 3.09. The molecule has 0 aliphatic heterocycles. The van der Waals surface area contributed by atoms with Gasteiger partial charge in [-0.15, -0.1) is 5.10 Å². The first-order chi connectivity index (χ1) is 12.2. The summed E-state index contributed by atoms with van der Waals surface area (Å²) in [6, 6.07) is 16.0. The number of phenols is 1. The van der Waals surface area contributed by atoms with E-state index in [4.69, 9.17) is 0 Å². The summed E-state index contributed by atoms with van der Waals surface area (Å²) in [5.41, 5.74) is 3.92. The Morgan fingerprint density at radius 2 is 2.08 bits per heavy atom. The minimum atomic E-state index is -0.288. The highest BCUT2D eigenvalue weighted by Gasteiger charge is 2.10. The molecular formula is C16H14N6O2S. The molecular weight excluding hydrogens is 340 g/mol. The number of hydrogen-bond acceptors (Lipinski definition) is 7. The summed E-state index contributed by atoms with van der Waals surface area (Å²) in [5.74, 6) is -0.0347. The first-order valence-corrected chi connectivity index (χ1v) is 8.28. The lowest BCUT2D eigenvalue weighted by Crippen LogP contribution is -2.20. The van der Waals surface area contributed by atoms with E-state index in [-0.39, 0.29) is 17.4 Å². The highest BCUT2D eigenvalue weighted by Crippen LogP contribution is 2.17. The molecule has 1 amide bonds. The molecule has 0 fully saturated rings. The van der Waals surface area contributed by atoms with Crippen LogP contribution in [0.2, 0.25) is 0 Å². The lowest BCUT2D eigenvalue weighted by molar-refractivity contribution is -0.118. The maximum Gasteiger partial charge on any atom is 0.250 e. The van der Waals surface area contributed by atoms with E-state index in [1.165, 1.54) is 18.0 Å². The van der Waals surface area contributed by atoms with E-state index < -0.39 is 0 Å². The average molecular weight is 354 g/mol. The molecule has 0 saturated carbocycles. The van der Waals surface area contributed by atoms with Crippen molar-refractivity contribution in [2.75, 3.05) is 5.75 Å². The van der Waals surface area contributed by atoms with E-state index in [1.807, 2.05) is 30.3 Å². The number of aromatic hydroxyl groups is 1. The number of rotatable bonds is 6. The number of para-hydroxylation sites is 1. The van der Waals surface area contributed by atoms with Crippen molar-refractivity contribution in [1.29, 1.82) is 0 Å². The van der Waals surface area contributed by atoms with E-state index in [0.717, 1.165) is 5.69 Å². The van der Waals surface area contributed by atoms with Crippen molar-refractivity contribution in [2.45, 2.75) is 5.16 Å². The van der Waals surface area contributed by atoms with Crippen LogP contribution in [0.1, 0.15) is 5.56 Å². The van der Waals surface area contributed by atoms with Crippen LogP contribution in [0.15, 0.2) is 64.9 Å². The second kappa shape index (κ2) is 8.06. The topological polar surface area (TPSA) is 105 Å². The molecule has 2 aromatic carbocycles. The summed E-state index contributed by atoms with van der Waals surface area (Å²) in [4.78, 5) is 11.9. The largest absolute Gasteiger partial charge is 0.508 e. The van der Waals surface area contributed by atoms with Crippen LogP contribution in [0.4, 0.5) is 0 Å². The Bertz CT molecular complexity index is 881. The van der Waals surface area contributed by atoms with Crippen LogP contribution in [-0.4, -0.2) is 43.2 Å². The van der Waals surface area contributed by atoms with Gasteiger partial charge in [-0.1, -0.05) is 42.1 Å². The van der Waals surface area contributed by atoms with Gasteiger partial charge in [0.25, 0.3) is 5.91 Å². The van der Waals surface area contributed by atoms with Crippen LogP contribution in [0.5, 0.6) is 5.75 Å². The number of tetrazole rings is 1. The van der Waals surface area contributed by atoms with Crippen LogP contribution in [0.3, 0.4) is 0 Å². The third-order valence-corrected chi connectivity index (χ3v) is 3.97. The Morgan fingerprint density at radius 3 is 2.88 bits per heavy atom. The van der Waals surface area contributed by atoms with E-state index in [2.05, 4.69) is 26.1 Å². The van der Waals surface area contributed by atoms with Crippen LogP contribution in [-0.2, 0) is 4.79 Å². The van der Waals surface area contributed by atoms with Crippen molar-refractivity contribution < 1.29 is 9.90 Å². The van der Waals surface area contributed by atoms with Crippen LogP contribution < -0.4 is 5.43 Å². The number of hydrogen-bond donors (Lipinski definition) is 2. The van der Waals surface area contributed by atoms with Gasteiger partial charge in [0.1, 0.15) is 5.75 Å². The Kier molecular flexibility index (Phi) is 5.37.